The number of benzene rings is 2. The molecule has 1 saturated heterocycles. The number of likely N-dealkylation sites (N-methyl/N-ethyl adjacent to an activating group) is 1. The molecule has 8 heteroatoms. The second kappa shape index (κ2) is 8.03. The number of hydrogen-bond donors (Lipinski definition) is 1. The van der Waals surface area contributed by atoms with Gasteiger partial charge in [-0.2, -0.15) is 0 Å². The number of fused-ring (bicyclic) bond motifs is 4. The van der Waals surface area contributed by atoms with Crippen LogP contribution in [0.1, 0.15) is 29.8 Å². The maximum absolute atomic E-state index is 13.4. The van der Waals surface area contributed by atoms with Gasteiger partial charge in [-0.25, -0.2) is 0 Å². The smallest absolute Gasteiger partial charge is 0.246 e. The van der Waals surface area contributed by atoms with Crippen molar-refractivity contribution in [3.8, 4) is 17.2 Å². The molecule has 1 N–H and O–H groups in total. The van der Waals surface area contributed by atoms with Crippen LogP contribution in [0.2, 0.25) is 0 Å². The van der Waals surface area contributed by atoms with Gasteiger partial charge in [-0.15, -0.1) is 0 Å². The molecule has 2 aromatic carbocycles. The number of rotatable bonds is 5. The largest absolute Gasteiger partial charge is 0.493 e. The van der Waals surface area contributed by atoms with E-state index in [1.165, 1.54) is 0 Å². The standard InChI is InChI=1S/C25H27N3O5/c1-5-27-13-21(29)28-18(25(27)30)12-16-15-8-6-7-9-17(15)26-22(16)23(28)14-10-19(31-2)24(33-4)20(11-14)32-3/h6-11,18,23,26H,5,12-13H2,1-4H3/t18-,23-/m0/s1. The number of para-hydroxylation sites is 1. The van der Waals surface area contributed by atoms with Gasteiger partial charge in [-0.3, -0.25) is 9.59 Å². The first-order valence-corrected chi connectivity index (χ1v) is 11.0. The Morgan fingerprint density at radius 3 is 2.36 bits per heavy atom. The Morgan fingerprint density at radius 2 is 1.73 bits per heavy atom. The molecule has 5 rings (SSSR count). The predicted molar refractivity (Wildman–Crippen MR) is 123 cm³/mol. The zero-order chi connectivity index (χ0) is 23.3. The molecule has 0 aliphatic carbocycles. The summed E-state index contributed by atoms with van der Waals surface area (Å²) in [5.74, 6) is 1.37. The molecular formula is C25H27N3O5. The Morgan fingerprint density at radius 1 is 1.03 bits per heavy atom. The number of carbonyl (C=O) groups excluding carboxylic acids is 2. The van der Waals surface area contributed by atoms with E-state index in [1.807, 2.05) is 37.3 Å². The van der Waals surface area contributed by atoms with E-state index < -0.39 is 12.1 Å². The van der Waals surface area contributed by atoms with Crippen molar-refractivity contribution in [1.82, 2.24) is 14.8 Å². The maximum atomic E-state index is 13.4. The van der Waals surface area contributed by atoms with Gasteiger partial charge >= 0.3 is 0 Å². The highest BCUT2D eigenvalue weighted by atomic mass is 16.5. The zero-order valence-corrected chi connectivity index (χ0v) is 19.2. The lowest BCUT2D eigenvalue weighted by molar-refractivity contribution is -0.158. The number of H-pyrrole nitrogens is 1. The molecule has 3 heterocycles. The molecule has 0 unspecified atom stereocenters. The van der Waals surface area contributed by atoms with Crippen molar-refractivity contribution in [2.75, 3.05) is 34.4 Å². The summed E-state index contributed by atoms with van der Waals surface area (Å²) in [6.07, 6.45) is 0.474. The summed E-state index contributed by atoms with van der Waals surface area (Å²) in [6.45, 7) is 2.48. The van der Waals surface area contributed by atoms with Crippen LogP contribution < -0.4 is 14.2 Å². The highest BCUT2D eigenvalue weighted by Gasteiger charge is 2.48. The van der Waals surface area contributed by atoms with Crippen LogP contribution in [0, 0.1) is 0 Å². The molecule has 0 radical (unpaired) electrons. The van der Waals surface area contributed by atoms with Crippen molar-refractivity contribution >= 4 is 22.7 Å². The number of nitrogens with zero attached hydrogens (tertiary/aromatic N) is 2. The summed E-state index contributed by atoms with van der Waals surface area (Å²) < 4.78 is 16.7. The van der Waals surface area contributed by atoms with E-state index in [-0.39, 0.29) is 18.4 Å². The van der Waals surface area contributed by atoms with Crippen LogP contribution in [-0.4, -0.2) is 67.1 Å². The lowest BCUT2D eigenvalue weighted by atomic mass is 9.86. The summed E-state index contributed by atoms with van der Waals surface area (Å²) in [5, 5.41) is 1.07. The number of amides is 2. The summed E-state index contributed by atoms with van der Waals surface area (Å²) in [7, 11) is 4.68. The molecule has 2 amide bonds. The Bertz CT molecular complexity index is 1230. The van der Waals surface area contributed by atoms with Crippen molar-refractivity contribution in [2.24, 2.45) is 0 Å². The SMILES string of the molecule is CCN1CC(=O)N2[C@@H](c3cc(OC)c(OC)c(OC)c3)c3[nH]c4ccccc4c3C[C@H]2C1=O. The van der Waals surface area contributed by atoms with Crippen molar-refractivity contribution in [3.05, 3.63) is 53.2 Å². The van der Waals surface area contributed by atoms with E-state index in [1.54, 1.807) is 31.1 Å². The minimum absolute atomic E-state index is 0.0227. The van der Waals surface area contributed by atoms with Gasteiger partial charge in [0.25, 0.3) is 0 Å². The monoisotopic (exact) mass is 449 g/mol. The minimum Gasteiger partial charge on any atom is -0.493 e. The van der Waals surface area contributed by atoms with E-state index in [2.05, 4.69) is 11.1 Å². The fraction of sp³-hybridized carbons (Fsp3) is 0.360. The lowest BCUT2D eigenvalue weighted by Crippen LogP contribution is -2.62. The average Bonchev–Trinajstić information content (AvgIpc) is 3.22. The number of piperazine rings is 1. The quantitative estimate of drug-likeness (QED) is 0.648. The molecule has 1 aromatic heterocycles. The molecule has 0 spiro atoms. The van der Waals surface area contributed by atoms with Gasteiger partial charge in [0, 0.05) is 29.6 Å². The van der Waals surface area contributed by atoms with Gasteiger partial charge in [0.1, 0.15) is 6.04 Å². The molecule has 1 fully saturated rings. The van der Waals surface area contributed by atoms with Gasteiger partial charge in [0.15, 0.2) is 11.5 Å². The minimum atomic E-state index is -0.568. The molecule has 0 saturated carbocycles. The third-order valence-electron chi connectivity index (χ3n) is 6.73. The van der Waals surface area contributed by atoms with Crippen molar-refractivity contribution in [2.45, 2.75) is 25.4 Å². The van der Waals surface area contributed by atoms with Crippen molar-refractivity contribution < 1.29 is 23.8 Å². The first-order chi connectivity index (χ1) is 16.0. The van der Waals surface area contributed by atoms with Crippen LogP contribution >= 0.6 is 0 Å². The molecule has 2 atom stereocenters. The molecule has 8 nitrogen and oxygen atoms in total. The first-order valence-electron chi connectivity index (χ1n) is 11.0. The summed E-state index contributed by atoms with van der Waals surface area (Å²) >= 11 is 0. The van der Waals surface area contributed by atoms with E-state index >= 15 is 0 Å². The average molecular weight is 450 g/mol. The van der Waals surface area contributed by atoms with Gasteiger partial charge in [0.2, 0.25) is 17.6 Å². The number of carbonyl (C=O) groups is 2. The Balaban J connectivity index is 1.76. The second-order valence-electron chi connectivity index (χ2n) is 8.30. The van der Waals surface area contributed by atoms with Crippen LogP contribution in [0.5, 0.6) is 17.2 Å². The summed E-state index contributed by atoms with van der Waals surface area (Å²) in [6, 6.07) is 10.7. The highest BCUT2D eigenvalue weighted by Crippen LogP contribution is 2.46. The highest BCUT2D eigenvalue weighted by molar-refractivity contribution is 5.97. The van der Waals surface area contributed by atoms with Crippen LogP contribution in [0.3, 0.4) is 0 Å². The second-order valence-corrected chi connectivity index (χ2v) is 8.30. The van der Waals surface area contributed by atoms with Crippen molar-refractivity contribution in [3.63, 3.8) is 0 Å². The van der Waals surface area contributed by atoms with Crippen LogP contribution in [0.15, 0.2) is 36.4 Å². The number of ether oxygens (including phenoxy) is 3. The molecule has 33 heavy (non-hydrogen) atoms. The summed E-state index contributed by atoms with van der Waals surface area (Å²) in [4.78, 5) is 33.7. The molecule has 2 aliphatic rings. The third-order valence-corrected chi connectivity index (χ3v) is 6.73. The Hall–Kier alpha value is -3.68. The van der Waals surface area contributed by atoms with Crippen LogP contribution in [0.4, 0.5) is 0 Å². The first kappa shape index (κ1) is 21.2. The van der Waals surface area contributed by atoms with Crippen LogP contribution in [0.25, 0.3) is 10.9 Å². The fourth-order valence-electron chi connectivity index (χ4n) is 5.20. The number of aromatic nitrogens is 1. The van der Waals surface area contributed by atoms with Gasteiger partial charge in [-0.05, 0) is 36.2 Å². The third kappa shape index (κ3) is 3.12. The lowest BCUT2D eigenvalue weighted by Gasteiger charge is -2.47. The van der Waals surface area contributed by atoms with Gasteiger partial charge in [-0.1, -0.05) is 18.2 Å². The molecular weight excluding hydrogens is 422 g/mol. The molecule has 2 aliphatic heterocycles. The predicted octanol–water partition coefficient (Wildman–Crippen LogP) is 2.90. The van der Waals surface area contributed by atoms with E-state index in [0.717, 1.165) is 27.7 Å². The number of hydrogen-bond acceptors (Lipinski definition) is 5. The fourth-order valence-corrected chi connectivity index (χ4v) is 5.20. The number of methoxy groups -OCH3 is 3. The molecule has 172 valence electrons. The van der Waals surface area contributed by atoms with Gasteiger partial charge in [0.05, 0.1) is 33.9 Å². The molecule has 3 aromatic rings. The maximum Gasteiger partial charge on any atom is 0.246 e. The van der Waals surface area contributed by atoms with E-state index in [4.69, 9.17) is 14.2 Å². The zero-order valence-electron chi connectivity index (χ0n) is 19.2. The molecule has 0 bridgehead atoms. The van der Waals surface area contributed by atoms with Gasteiger partial charge < -0.3 is 29.0 Å². The van der Waals surface area contributed by atoms with E-state index in [9.17, 15) is 9.59 Å². The summed E-state index contributed by atoms with van der Waals surface area (Å²) in [5.41, 5.74) is 3.73. The number of aromatic amines is 1. The number of nitrogens with one attached hydrogen (secondary N) is 1. The Kier molecular flexibility index (Phi) is 5.15. The van der Waals surface area contributed by atoms with Crippen molar-refractivity contribution in [1.29, 1.82) is 0 Å². The van der Waals surface area contributed by atoms with E-state index in [0.29, 0.717) is 30.2 Å². The topological polar surface area (TPSA) is 84.1 Å². The Labute approximate surface area is 192 Å². The normalized spacial score (nSPS) is 20.0. The van der Waals surface area contributed by atoms with Crippen LogP contribution in [-0.2, 0) is 16.0 Å².